The summed E-state index contributed by atoms with van der Waals surface area (Å²) in [6.07, 6.45) is 0.236. The zero-order chi connectivity index (χ0) is 17.2. The van der Waals surface area contributed by atoms with Gasteiger partial charge in [-0.3, -0.25) is 24.3 Å². The number of amides is 2. The zero-order valence-electron chi connectivity index (χ0n) is 14.1. The van der Waals surface area contributed by atoms with E-state index in [0.29, 0.717) is 13.2 Å². The zero-order valence-corrected chi connectivity index (χ0v) is 14.1. The van der Waals surface area contributed by atoms with Gasteiger partial charge in [0.15, 0.2) is 0 Å². The summed E-state index contributed by atoms with van der Waals surface area (Å²) in [6.45, 7) is 6.40. The minimum atomic E-state index is -0.753. The van der Waals surface area contributed by atoms with Crippen LogP contribution >= 0.6 is 0 Å². The minimum absolute atomic E-state index is 0.0934. The molecule has 0 bridgehead atoms. The van der Waals surface area contributed by atoms with Gasteiger partial charge in [0.25, 0.3) is 0 Å². The van der Waals surface area contributed by atoms with Crippen LogP contribution in [0, 0.1) is 0 Å². The van der Waals surface area contributed by atoms with Crippen LogP contribution in [-0.4, -0.2) is 77.6 Å². The van der Waals surface area contributed by atoms with Crippen molar-refractivity contribution in [3.63, 3.8) is 0 Å². The SMILES string of the molecule is CC1(c2ccccc2)CC(=O)N(CN2CCN(CCO)CC2)C1=O. The molecule has 1 aromatic carbocycles. The summed E-state index contributed by atoms with van der Waals surface area (Å²) >= 11 is 0. The monoisotopic (exact) mass is 331 g/mol. The number of piperazine rings is 1. The highest BCUT2D eigenvalue weighted by molar-refractivity contribution is 6.08. The first-order valence-electron chi connectivity index (χ1n) is 8.50. The summed E-state index contributed by atoms with van der Waals surface area (Å²) in [7, 11) is 0. The van der Waals surface area contributed by atoms with E-state index in [0.717, 1.165) is 31.7 Å². The van der Waals surface area contributed by atoms with Crippen LogP contribution in [0.4, 0.5) is 0 Å². The van der Waals surface area contributed by atoms with Crippen molar-refractivity contribution >= 4 is 11.8 Å². The average molecular weight is 331 g/mol. The number of imide groups is 1. The summed E-state index contributed by atoms with van der Waals surface area (Å²) < 4.78 is 0. The maximum absolute atomic E-state index is 12.9. The van der Waals surface area contributed by atoms with Gasteiger partial charge >= 0.3 is 0 Å². The minimum Gasteiger partial charge on any atom is -0.395 e. The smallest absolute Gasteiger partial charge is 0.241 e. The van der Waals surface area contributed by atoms with E-state index in [1.807, 2.05) is 37.3 Å². The number of aliphatic hydroxyl groups excluding tert-OH is 1. The second-order valence-electron chi connectivity index (χ2n) is 6.83. The Morgan fingerprint density at radius 1 is 1.04 bits per heavy atom. The predicted octanol–water partition coefficient (Wildman–Crippen LogP) is 0.271. The van der Waals surface area contributed by atoms with Gasteiger partial charge in [0.05, 0.1) is 18.7 Å². The molecule has 2 aliphatic heterocycles. The number of likely N-dealkylation sites (tertiary alicyclic amines) is 1. The third-order valence-electron chi connectivity index (χ3n) is 5.16. The quantitative estimate of drug-likeness (QED) is 0.785. The number of aliphatic hydroxyl groups is 1. The van der Waals surface area contributed by atoms with Crippen LogP contribution in [0.5, 0.6) is 0 Å². The fraction of sp³-hybridized carbons (Fsp3) is 0.556. The second-order valence-corrected chi connectivity index (χ2v) is 6.83. The number of β-amino-alcohol motifs (C(OH)–C–C–N with tert-alkyl or cyclic N) is 1. The van der Waals surface area contributed by atoms with Crippen LogP contribution in [0.2, 0.25) is 0 Å². The normalized spacial score (nSPS) is 26.3. The molecule has 0 spiro atoms. The topological polar surface area (TPSA) is 64.1 Å². The molecule has 6 heteroatoms. The lowest BCUT2D eigenvalue weighted by Gasteiger charge is -2.36. The Morgan fingerprint density at radius 2 is 1.67 bits per heavy atom. The highest BCUT2D eigenvalue weighted by atomic mass is 16.3. The van der Waals surface area contributed by atoms with Crippen LogP contribution in [0.15, 0.2) is 30.3 Å². The van der Waals surface area contributed by atoms with Crippen LogP contribution in [0.25, 0.3) is 0 Å². The highest BCUT2D eigenvalue weighted by Gasteiger charge is 2.49. The molecule has 1 atom stereocenters. The number of nitrogens with zero attached hydrogens (tertiary/aromatic N) is 3. The van der Waals surface area contributed by atoms with Crippen molar-refractivity contribution in [1.82, 2.24) is 14.7 Å². The number of benzene rings is 1. The standard InChI is InChI=1S/C18H25N3O3/c1-18(15-5-3-2-4-6-15)13-16(23)21(17(18)24)14-20-9-7-19(8-10-20)11-12-22/h2-6,22H,7-14H2,1H3. The number of carbonyl (C=O) groups excluding carboxylic acids is 2. The molecule has 24 heavy (non-hydrogen) atoms. The molecule has 0 saturated carbocycles. The van der Waals surface area contributed by atoms with Gasteiger partial charge in [0, 0.05) is 39.1 Å². The Balaban J connectivity index is 1.65. The molecular formula is C18H25N3O3. The highest BCUT2D eigenvalue weighted by Crippen LogP contribution is 2.36. The largest absolute Gasteiger partial charge is 0.395 e. The molecule has 2 saturated heterocycles. The van der Waals surface area contributed by atoms with Crippen molar-refractivity contribution in [1.29, 1.82) is 0 Å². The summed E-state index contributed by atoms with van der Waals surface area (Å²) in [6, 6.07) is 9.56. The molecule has 1 unspecified atom stereocenters. The summed E-state index contributed by atoms with van der Waals surface area (Å²) in [5.74, 6) is -0.194. The molecule has 1 N–H and O–H groups in total. The maximum atomic E-state index is 12.9. The first-order chi connectivity index (χ1) is 11.5. The van der Waals surface area contributed by atoms with E-state index in [9.17, 15) is 9.59 Å². The second kappa shape index (κ2) is 7.01. The fourth-order valence-electron chi connectivity index (χ4n) is 3.55. The number of rotatable bonds is 5. The number of hydrogen-bond donors (Lipinski definition) is 1. The average Bonchev–Trinajstić information content (AvgIpc) is 2.82. The van der Waals surface area contributed by atoms with Gasteiger partial charge in [-0.05, 0) is 12.5 Å². The molecule has 2 heterocycles. The maximum Gasteiger partial charge on any atom is 0.241 e. The molecule has 0 aliphatic carbocycles. The van der Waals surface area contributed by atoms with Gasteiger partial charge in [-0.25, -0.2) is 0 Å². The van der Waals surface area contributed by atoms with Crippen LogP contribution < -0.4 is 0 Å². The molecule has 2 aliphatic rings. The molecule has 2 fully saturated rings. The Kier molecular flexibility index (Phi) is 4.99. The Morgan fingerprint density at radius 3 is 2.29 bits per heavy atom. The van der Waals surface area contributed by atoms with E-state index in [2.05, 4.69) is 9.80 Å². The van der Waals surface area contributed by atoms with Crippen molar-refractivity contribution in [3.05, 3.63) is 35.9 Å². The number of carbonyl (C=O) groups is 2. The molecule has 0 aromatic heterocycles. The predicted molar refractivity (Wildman–Crippen MR) is 90.2 cm³/mol. The molecule has 6 nitrogen and oxygen atoms in total. The third kappa shape index (κ3) is 3.22. The van der Waals surface area contributed by atoms with E-state index in [1.165, 1.54) is 4.90 Å². The summed E-state index contributed by atoms with van der Waals surface area (Å²) in [5.41, 5.74) is 0.149. The molecule has 130 valence electrons. The Labute approximate surface area is 142 Å². The van der Waals surface area contributed by atoms with Gasteiger partial charge in [0.1, 0.15) is 0 Å². The Hall–Kier alpha value is -1.76. The van der Waals surface area contributed by atoms with E-state index in [-0.39, 0.29) is 24.8 Å². The molecule has 0 radical (unpaired) electrons. The van der Waals surface area contributed by atoms with E-state index in [4.69, 9.17) is 5.11 Å². The van der Waals surface area contributed by atoms with Crippen molar-refractivity contribution < 1.29 is 14.7 Å². The van der Waals surface area contributed by atoms with Gasteiger partial charge in [0.2, 0.25) is 11.8 Å². The molecule has 1 aromatic rings. The fourth-order valence-corrected chi connectivity index (χ4v) is 3.55. The first kappa shape index (κ1) is 17.1. The molecule has 3 rings (SSSR count). The number of hydrogen-bond acceptors (Lipinski definition) is 5. The summed E-state index contributed by atoms with van der Waals surface area (Å²) in [4.78, 5) is 31.1. The van der Waals surface area contributed by atoms with Gasteiger partial charge in [-0.2, -0.15) is 0 Å². The summed E-state index contributed by atoms with van der Waals surface area (Å²) in [5, 5.41) is 9.00. The van der Waals surface area contributed by atoms with E-state index >= 15 is 0 Å². The van der Waals surface area contributed by atoms with Crippen LogP contribution in [-0.2, 0) is 15.0 Å². The lowest BCUT2D eigenvalue weighted by atomic mass is 9.81. The first-order valence-corrected chi connectivity index (χ1v) is 8.50. The third-order valence-corrected chi connectivity index (χ3v) is 5.16. The van der Waals surface area contributed by atoms with Crippen molar-refractivity contribution in [2.45, 2.75) is 18.8 Å². The molecule has 2 amide bonds. The van der Waals surface area contributed by atoms with Crippen molar-refractivity contribution in [3.8, 4) is 0 Å². The van der Waals surface area contributed by atoms with E-state index < -0.39 is 5.41 Å². The molecular weight excluding hydrogens is 306 g/mol. The van der Waals surface area contributed by atoms with Gasteiger partial charge in [-0.15, -0.1) is 0 Å². The van der Waals surface area contributed by atoms with Crippen LogP contribution in [0.3, 0.4) is 0 Å². The van der Waals surface area contributed by atoms with Crippen molar-refractivity contribution in [2.24, 2.45) is 0 Å². The van der Waals surface area contributed by atoms with Crippen molar-refractivity contribution in [2.75, 3.05) is 46.0 Å². The van der Waals surface area contributed by atoms with Gasteiger partial charge < -0.3 is 5.11 Å². The lowest BCUT2D eigenvalue weighted by molar-refractivity contribution is -0.142. The lowest BCUT2D eigenvalue weighted by Crippen LogP contribution is -2.52. The van der Waals surface area contributed by atoms with E-state index in [1.54, 1.807) is 0 Å². The van der Waals surface area contributed by atoms with Crippen LogP contribution in [0.1, 0.15) is 18.9 Å². The van der Waals surface area contributed by atoms with Gasteiger partial charge in [-0.1, -0.05) is 30.3 Å². The Bertz CT molecular complexity index is 599.